The lowest BCUT2D eigenvalue weighted by Gasteiger charge is -2.09. The van der Waals surface area contributed by atoms with Crippen LogP contribution in [0.2, 0.25) is 0 Å². The van der Waals surface area contributed by atoms with Crippen LogP contribution >= 0.6 is 67.8 Å². The molecule has 0 saturated heterocycles. The molecule has 5 nitrogen and oxygen atoms in total. The van der Waals surface area contributed by atoms with Crippen LogP contribution in [0.5, 0.6) is 0 Å². The van der Waals surface area contributed by atoms with Crippen molar-refractivity contribution in [3.63, 3.8) is 0 Å². The van der Waals surface area contributed by atoms with Crippen molar-refractivity contribution in [1.82, 2.24) is 0 Å². The topological polar surface area (TPSA) is 78.5 Å². The van der Waals surface area contributed by atoms with Crippen LogP contribution < -0.4 is 10.4 Å². The van der Waals surface area contributed by atoms with Crippen molar-refractivity contribution in [2.45, 2.75) is 6.42 Å². The lowest BCUT2D eigenvalue weighted by molar-refractivity contribution is -0.306. The van der Waals surface area contributed by atoms with Crippen molar-refractivity contribution in [2.24, 2.45) is 0 Å². The number of carboxylic acid groups (broad SMARTS) is 1. The Morgan fingerprint density at radius 2 is 1.78 bits per heavy atom. The quantitative estimate of drug-likeness (QED) is 0.434. The van der Waals surface area contributed by atoms with Crippen LogP contribution in [0.15, 0.2) is 12.1 Å². The van der Waals surface area contributed by atoms with E-state index in [0.29, 0.717) is 5.69 Å². The fraction of sp³-hybridized carbons (Fsp3) is 0.200. The Balaban J connectivity index is 2.57. The molecular weight excluding hydrogens is 579 g/mol. The molecule has 0 atom stereocenters. The Labute approximate surface area is 144 Å². The van der Waals surface area contributed by atoms with Gasteiger partial charge in [-0.3, -0.25) is 5.32 Å². The molecule has 0 fully saturated rings. The van der Waals surface area contributed by atoms with Crippen LogP contribution in [-0.4, -0.2) is 18.7 Å². The number of carbonyl (C=O) groups excluding carboxylic acids is 2. The van der Waals surface area contributed by atoms with Gasteiger partial charge in [0.15, 0.2) is 0 Å². The molecule has 18 heavy (non-hydrogen) atoms. The predicted octanol–water partition coefficient (Wildman–Crippen LogP) is 2.19. The summed E-state index contributed by atoms with van der Waals surface area (Å²) in [6.45, 7) is -0.202. The van der Waals surface area contributed by atoms with Gasteiger partial charge >= 0.3 is 6.09 Å². The summed E-state index contributed by atoms with van der Waals surface area (Å²) in [5.41, 5.74) is 0.614. The maximum atomic E-state index is 11.3. The highest BCUT2D eigenvalue weighted by molar-refractivity contribution is 14.1. The van der Waals surface area contributed by atoms with E-state index in [2.05, 4.69) is 77.8 Å². The minimum atomic E-state index is -1.25. The van der Waals surface area contributed by atoms with Gasteiger partial charge in [-0.2, -0.15) is 0 Å². The Hall–Kier alpha value is 0.150. The number of aliphatic carboxylic acids is 1. The molecular formula is C10H7I3NO4-. The fourth-order valence-corrected chi connectivity index (χ4v) is 3.09. The van der Waals surface area contributed by atoms with E-state index in [1.165, 1.54) is 0 Å². The van der Waals surface area contributed by atoms with Gasteiger partial charge in [0, 0.05) is 28.8 Å². The second kappa shape index (κ2) is 7.67. The highest BCUT2D eigenvalue weighted by atomic mass is 127. The predicted molar refractivity (Wildman–Crippen MR) is 89.2 cm³/mol. The Kier molecular flexibility index (Phi) is 6.90. The van der Waals surface area contributed by atoms with Crippen molar-refractivity contribution >= 4 is 85.5 Å². The molecule has 1 N–H and O–H groups in total. The summed E-state index contributed by atoms with van der Waals surface area (Å²) in [6.07, 6.45) is -0.987. The molecule has 0 saturated carbocycles. The van der Waals surface area contributed by atoms with Crippen LogP contribution in [0.1, 0.15) is 6.42 Å². The number of nitrogens with one attached hydrogen (secondary N) is 1. The molecule has 0 spiro atoms. The number of halogens is 3. The Bertz CT molecular complexity index is 455. The first-order chi connectivity index (χ1) is 8.40. The van der Waals surface area contributed by atoms with Crippen molar-refractivity contribution in [3.05, 3.63) is 22.8 Å². The molecule has 1 amide bonds. The normalized spacial score (nSPS) is 9.94. The SMILES string of the molecule is O=C([O-])CCOC(=O)Nc1cc(I)c(I)c(I)c1. The maximum Gasteiger partial charge on any atom is 0.411 e. The number of anilines is 1. The smallest absolute Gasteiger partial charge is 0.411 e. The van der Waals surface area contributed by atoms with E-state index in [-0.39, 0.29) is 13.0 Å². The number of rotatable bonds is 4. The van der Waals surface area contributed by atoms with E-state index in [1.807, 2.05) is 12.1 Å². The van der Waals surface area contributed by atoms with Crippen LogP contribution in [0.25, 0.3) is 0 Å². The molecule has 0 heterocycles. The second-order valence-corrected chi connectivity index (χ2v) is 6.54. The third-order valence-electron chi connectivity index (χ3n) is 1.77. The van der Waals surface area contributed by atoms with E-state index in [4.69, 9.17) is 0 Å². The molecule has 0 aliphatic heterocycles. The number of carboxylic acids is 1. The van der Waals surface area contributed by atoms with E-state index in [0.717, 1.165) is 10.7 Å². The first kappa shape index (κ1) is 16.2. The summed E-state index contributed by atoms with van der Waals surface area (Å²) in [5, 5.41) is 12.7. The van der Waals surface area contributed by atoms with Gasteiger partial charge in [0.2, 0.25) is 0 Å². The molecule has 0 aliphatic carbocycles. The minimum absolute atomic E-state index is 0.202. The van der Waals surface area contributed by atoms with Gasteiger partial charge < -0.3 is 14.6 Å². The number of ether oxygens (including phenoxy) is 1. The minimum Gasteiger partial charge on any atom is -0.550 e. The maximum absolute atomic E-state index is 11.3. The zero-order valence-corrected chi connectivity index (χ0v) is 15.3. The average molecular weight is 586 g/mol. The number of benzene rings is 1. The van der Waals surface area contributed by atoms with E-state index < -0.39 is 12.1 Å². The number of amides is 1. The molecule has 1 aromatic rings. The van der Waals surface area contributed by atoms with Crippen LogP contribution in [0.3, 0.4) is 0 Å². The molecule has 0 bridgehead atoms. The molecule has 0 unspecified atom stereocenters. The van der Waals surface area contributed by atoms with Crippen molar-refractivity contribution in [2.75, 3.05) is 11.9 Å². The lowest BCUT2D eigenvalue weighted by atomic mass is 10.3. The summed E-state index contributed by atoms with van der Waals surface area (Å²) in [6, 6.07) is 3.62. The standard InChI is InChI=1S/C10H8I3NO4/c11-6-3-5(4-7(12)9(6)13)14-10(17)18-2-1-8(15)16/h3-4H,1-2H2,(H,14,17)(H,15,16)/p-1. The molecule has 8 heteroatoms. The lowest BCUT2D eigenvalue weighted by Crippen LogP contribution is -2.25. The van der Waals surface area contributed by atoms with Crippen LogP contribution in [0.4, 0.5) is 10.5 Å². The summed E-state index contributed by atoms with van der Waals surface area (Å²) in [5.74, 6) is -1.25. The molecule has 0 radical (unpaired) electrons. The molecule has 98 valence electrons. The summed E-state index contributed by atoms with van der Waals surface area (Å²) in [7, 11) is 0. The van der Waals surface area contributed by atoms with Crippen LogP contribution in [-0.2, 0) is 9.53 Å². The number of carbonyl (C=O) groups is 2. The molecule has 0 aromatic heterocycles. The van der Waals surface area contributed by atoms with E-state index in [1.54, 1.807) is 0 Å². The number of hydrogen-bond donors (Lipinski definition) is 1. The third-order valence-corrected chi connectivity index (χ3v) is 6.70. The fourth-order valence-electron chi connectivity index (χ4n) is 1.01. The molecule has 1 aromatic carbocycles. The van der Waals surface area contributed by atoms with Crippen molar-refractivity contribution in [3.8, 4) is 0 Å². The van der Waals surface area contributed by atoms with Gasteiger partial charge in [0.1, 0.15) is 0 Å². The van der Waals surface area contributed by atoms with Gasteiger partial charge in [0.05, 0.1) is 6.61 Å². The second-order valence-electron chi connectivity index (χ2n) is 3.14. The van der Waals surface area contributed by atoms with E-state index in [9.17, 15) is 14.7 Å². The zero-order valence-electron chi connectivity index (χ0n) is 8.84. The van der Waals surface area contributed by atoms with Gasteiger partial charge in [-0.25, -0.2) is 4.79 Å². The first-order valence-corrected chi connectivity index (χ1v) is 7.92. The Morgan fingerprint density at radius 1 is 1.22 bits per heavy atom. The molecule has 1 rings (SSSR count). The highest BCUT2D eigenvalue weighted by Crippen LogP contribution is 2.25. The van der Waals surface area contributed by atoms with Gasteiger partial charge in [-0.15, -0.1) is 0 Å². The monoisotopic (exact) mass is 586 g/mol. The van der Waals surface area contributed by atoms with Crippen molar-refractivity contribution in [1.29, 1.82) is 0 Å². The van der Waals surface area contributed by atoms with E-state index >= 15 is 0 Å². The first-order valence-electron chi connectivity index (χ1n) is 4.68. The van der Waals surface area contributed by atoms with Crippen LogP contribution in [0, 0.1) is 10.7 Å². The Morgan fingerprint density at radius 3 is 2.28 bits per heavy atom. The van der Waals surface area contributed by atoms with Gasteiger partial charge in [-0.05, 0) is 79.9 Å². The summed E-state index contributed by atoms with van der Waals surface area (Å²) < 4.78 is 7.84. The highest BCUT2D eigenvalue weighted by Gasteiger charge is 2.08. The average Bonchev–Trinajstić information content (AvgIpc) is 2.25. The third kappa shape index (κ3) is 5.42. The summed E-state index contributed by atoms with van der Waals surface area (Å²) in [4.78, 5) is 21.5. The van der Waals surface area contributed by atoms with Gasteiger partial charge in [-0.1, -0.05) is 0 Å². The largest absolute Gasteiger partial charge is 0.550 e. The summed E-state index contributed by atoms with van der Waals surface area (Å²) >= 11 is 6.56. The number of hydrogen-bond acceptors (Lipinski definition) is 4. The van der Waals surface area contributed by atoms with Crippen molar-refractivity contribution < 1.29 is 19.4 Å². The van der Waals surface area contributed by atoms with Gasteiger partial charge in [0.25, 0.3) is 0 Å². The zero-order chi connectivity index (χ0) is 13.7. The molecule has 0 aliphatic rings.